The number of carbonyl (C=O) groups excluding carboxylic acids is 1. The van der Waals surface area contributed by atoms with Crippen LogP contribution in [0.3, 0.4) is 0 Å². The van der Waals surface area contributed by atoms with Gasteiger partial charge in [-0.05, 0) is 36.8 Å². The van der Waals surface area contributed by atoms with E-state index in [1.54, 1.807) is 26.5 Å². The molecule has 3 aromatic rings. The highest BCUT2D eigenvalue weighted by Gasteiger charge is 2.19. The van der Waals surface area contributed by atoms with Crippen LogP contribution >= 0.6 is 0 Å². The fourth-order valence-corrected chi connectivity index (χ4v) is 4.20. The van der Waals surface area contributed by atoms with Crippen LogP contribution in [0.2, 0.25) is 0 Å². The fourth-order valence-electron chi connectivity index (χ4n) is 4.20. The second kappa shape index (κ2) is 11.1. The number of anilines is 2. The zero-order chi connectivity index (χ0) is 24.8. The number of rotatable bonds is 7. The number of halogens is 2. The molecule has 184 valence electrons. The molecule has 1 N–H and O–H groups in total. The molecule has 1 fully saturated rings. The minimum absolute atomic E-state index is 0.226. The summed E-state index contributed by atoms with van der Waals surface area (Å²) >= 11 is 0. The first kappa shape index (κ1) is 24.4. The molecule has 0 atom stereocenters. The number of para-hydroxylation sites is 1. The highest BCUT2D eigenvalue weighted by molar-refractivity contribution is 6.04. The maximum absolute atomic E-state index is 13.9. The molecular formula is C26H28F2N4O3. The molecule has 7 nitrogen and oxygen atoms in total. The Bertz CT molecular complexity index is 1170. The lowest BCUT2D eigenvalue weighted by molar-refractivity contribution is 0.102. The van der Waals surface area contributed by atoms with Crippen LogP contribution in [0.15, 0.2) is 54.7 Å². The lowest BCUT2D eigenvalue weighted by atomic mass is 10.1. The van der Waals surface area contributed by atoms with E-state index < -0.39 is 17.5 Å². The van der Waals surface area contributed by atoms with Crippen molar-refractivity contribution in [2.45, 2.75) is 13.0 Å². The number of nitrogens with one attached hydrogen (secondary N) is 1. The molecule has 0 spiro atoms. The zero-order valence-corrected chi connectivity index (χ0v) is 19.8. The smallest absolute Gasteiger partial charge is 0.258 e. The Labute approximate surface area is 203 Å². The Morgan fingerprint density at radius 1 is 1.03 bits per heavy atom. The Morgan fingerprint density at radius 3 is 2.60 bits per heavy atom. The topological polar surface area (TPSA) is 66.9 Å². The number of hydrogen-bond donors (Lipinski definition) is 1. The quantitative estimate of drug-likeness (QED) is 0.541. The van der Waals surface area contributed by atoms with Crippen LogP contribution in [0.4, 0.5) is 20.3 Å². The molecule has 0 bridgehead atoms. The van der Waals surface area contributed by atoms with Crippen LogP contribution in [0.1, 0.15) is 22.3 Å². The van der Waals surface area contributed by atoms with Crippen molar-refractivity contribution in [3.63, 3.8) is 0 Å². The molecular weight excluding hydrogens is 454 g/mol. The van der Waals surface area contributed by atoms with E-state index in [9.17, 15) is 13.6 Å². The first-order valence-corrected chi connectivity index (χ1v) is 11.4. The van der Waals surface area contributed by atoms with Crippen molar-refractivity contribution >= 4 is 17.4 Å². The van der Waals surface area contributed by atoms with Crippen LogP contribution < -0.4 is 19.7 Å². The maximum Gasteiger partial charge on any atom is 0.258 e. The molecule has 1 aromatic heterocycles. The molecule has 4 rings (SSSR count). The molecule has 0 saturated carbocycles. The summed E-state index contributed by atoms with van der Waals surface area (Å²) in [7, 11) is 3.29. The predicted molar refractivity (Wildman–Crippen MR) is 130 cm³/mol. The maximum atomic E-state index is 13.9. The molecule has 2 aromatic carbocycles. The average molecular weight is 483 g/mol. The summed E-state index contributed by atoms with van der Waals surface area (Å²) in [6.07, 6.45) is 2.51. The highest BCUT2D eigenvalue weighted by atomic mass is 19.1. The van der Waals surface area contributed by atoms with Crippen molar-refractivity contribution in [1.29, 1.82) is 0 Å². The monoisotopic (exact) mass is 482 g/mol. The van der Waals surface area contributed by atoms with E-state index in [-0.39, 0.29) is 5.56 Å². The van der Waals surface area contributed by atoms with Gasteiger partial charge in [0, 0.05) is 44.4 Å². The average Bonchev–Trinajstić information content (AvgIpc) is 3.10. The van der Waals surface area contributed by atoms with Crippen molar-refractivity contribution in [3.05, 3.63) is 77.5 Å². The number of pyridine rings is 1. The van der Waals surface area contributed by atoms with Gasteiger partial charge in [-0.15, -0.1) is 0 Å². The molecule has 0 aliphatic carbocycles. The molecule has 1 saturated heterocycles. The minimum Gasteiger partial charge on any atom is -0.493 e. The van der Waals surface area contributed by atoms with Gasteiger partial charge < -0.3 is 19.7 Å². The third-order valence-corrected chi connectivity index (χ3v) is 5.97. The molecule has 0 unspecified atom stereocenters. The van der Waals surface area contributed by atoms with Crippen LogP contribution in [0.25, 0.3) is 0 Å². The molecule has 35 heavy (non-hydrogen) atoms. The molecule has 1 amide bonds. The summed E-state index contributed by atoms with van der Waals surface area (Å²) < 4.78 is 37.9. The number of amides is 1. The van der Waals surface area contributed by atoms with Crippen molar-refractivity contribution in [2.75, 3.05) is 50.6 Å². The van der Waals surface area contributed by atoms with Crippen molar-refractivity contribution in [2.24, 2.45) is 0 Å². The van der Waals surface area contributed by atoms with Gasteiger partial charge in [0.1, 0.15) is 17.5 Å². The largest absolute Gasteiger partial charge is 0.493 e. The third-order valence-electron chi connectivity index (χ3n) is 5.97. The van der Waals surface area contributed by atoms with Crippen LogP contribution in [0.5, 0.6) is 11.5 Å². The van der Waals surface area contributed by atoms with Gasteiger partial charge in [0.05, 0.1) is 31.7 Å². The Morgan fingerprint density at radius 2 is 1.89 bits per heavy atom. The minimum atomic E-state index is -0.909. The second-order valence-corrected chi connectivity index (χ2v) is 8.25. The molecule has 0 radical (unpaired) electrons. The Hall–Kier alpha value is -3.72. The summed E-state index contributed by atoms with van der Waals surface area (Å²) in [4.78, 5) is 21.4. The standard InChI is InChI=1S/C26H28F2N4O3/c1-34-23-6-3-5-18(25(23)35-2)17-31-11-4-12-32(14-13-31)24-10-8-20(16-29-24)30-26(33)21-9-7-19(27)15-22(21)28/h3,5-10,15-16H,4,11-14,17H2,1-2H3,(H,30,33). The first-order valence-electron chi connectivity index (χ1n) is 11.4. The summed E-state index contributed by atoms with van der Waals surface area (Å²) in [6.45, 7) is 4.20. The molecule has 1 aliphatic heterocycles. The van der Waals surface area contributed by atoms with Crippen LogP contribution in [-0.4, -0.2) is 56.2 Å². The van der Waals surface area contributed by atoms with Gasteiger partial charge in [0.15, 0.2) is 11.5 Å². The fraction of sp³-hybridized carbons (Fsp3) is 0.308. The van der Waals surface area contributed by atoms with Crippen molar-refractivity contribution in [1.82, 2.24) is 9.88 Å². The SMILES string of the molecule is COc1cccc(CN2CCCN(c3ccc(NC(=O)c4ccc(F)cc4F)cn3)CC2)c1OC. The van der Waals surface area contributed by atoms with Gasteiger partial charge in [0.25, 0.3) is 5.91 Å². The number of hydrogen-bond acceptors (Lipinski definition) is 6. The van der Waals surface area contributed by atoms with Crippen LogP contribution in [-0.2, 0) is 6.54 Å². The van der Waals surface area contributed by atoms with Crippen LogP contribution in [0, 0.1) is 11.6 Å². The van der Waals surface area contributed by atoms with E-state index in [4.69, 9.17) is 9.47 Å². The van der Waals surface area contributed by atoms with Crippen molar-refractivity contribution in [3.8, 4) is 11.5 Å². The van der Waals surface area contributed by atoms with Crippen molar-refractivity contribution < 1.29 is 23.0 Å². The second-order valence-electron chi connectivity index (χ2n) is 8.25. The van der Waals surface area contributed by atoms with E-state index in [0.717, 1.165) is 74.2 Å². The number of benzene rings is 2. The zero-order valence-electron chi connectivity index (χ0n) is 19.8. The summed E-state index contributed by atoms with van der Waals surface area (Å²) in [5, 5.41) is 2.60. The summed E-state index contributed by atoms with van der Waals surface area (Å²) in [5.74, 6) is -0.0142. The Balaban J connectivity index is 1.36. The van der Waals surface area contributed by atoms with Gasteiger partial charge in [-0.25, -0.2) is 13.8 Å². The van der Waals surface area contributed by atoms with Gasteiger partial charge in [-0.1, -0.05) is 12.1 Å². The predicted octanol–water partition coefficient (Wildman–Crippen LogP) is 4.34. The van der Waals surface area contributed by atoms with E-state index in [1.165, 1.54) is 0 Å². The van der Waals surface area contributed by atoms with Gasteiger partial charge >= 0.3 is 0 Å². The summed E-state index contributed by atoms with van der Waals surface area (Å²) in [6, 6.07) is 12.3. The number of ether oxygens (including phenoxy) is 2. The lowest BCUT2D eigenvalue weighted by Gasteiger charge is -2.23. The third kappa shape index (κ3) is 5.86. The Kier molecular flexibility index (Phi) is 7.77. The van der Waals surface area contributed by atoms with Gasteiger partial charge in [0.2, 0.25) is 0 Å². The number of carbonyl (C=O) groups is 1. The van der Waals surface area contributed by atoms with Gasteiger partial charge in [-0.2, -0.15) is 0 Å². The summed E-state index contributed by atoms with van der Waals surface area (Å²) in [5.41, 5.74) is 1.29. The molecule has 2 heterocycles. The van der Waals surface area contributed by atoms with E-state index in [2.05, 4.69) is 26.2 Å². The van der Waals surface area contributed by atoms with E-state index in [1.807, 2.05) is 18.2 Å². The highest BCUT2D eigenvalue weighted by Crippen LogP contribution is 2.31. The van der Waals surface area contributed by atoms with Gasteiger partial charge in [-0.3, -0.25) is 9.69 Å². The van der Waals surface area contributed by atoms with E-state index in [0.29, 0.717) is 11.8 Å². The molecule has 1 aliphatic rings. The lowest BCUT2D eigenvalue weighted by Crippen LogP contribution is -2.31. The molecule has 9 heteroatoms. The normalized spacial score (nSPS) is 14.3. The number of nitrogens with zero attached hydrogens (tertiary/aromatic N) is 3. The number of aromatic nitrogens is 1. The number of methoxy groups -OCH3 is 2. The van der Waals surface area contributed by atoms with E-state index >= 15 is 0 Å². The first-order chi connectivity index (χ1) is 17.0.